The SMILES string of the molecule is CN=C(NCCSC)NCc1ncccc1C. The Bertz CT molecular complexity index is 365. The second kappa shape index (κ2) is 7.95. The Kier molecular flexibility index (Phi) is 6.47. The Labute approximate surface area is 107 Å². The lowest BCUT2D eigenvalue weighted by atomic mass is 10.2. The fraction of sp³-hybridized carbons (Fsp3) is 0.500. The number of thioether (sulfide) groups is 1. The number of aromatic nitrogens is 1. The van der Waals surface area contributed by atoms with E-state index in [2.05, 4.69) is 39.9 Å². The molecular formula is C12H20N4S. The molecular weight excluding hydrogens is 232 g/mol. The largest absolute Gasteiger partial charge is 0.356 e. The van der Waals surface area contributed by atoms with Crippen LogP contribution in [0.1, 0.15) is 11.3 Å². The summed E-state index contributed by atoms with van der Waals surface area (Å²) in [4.78, 5) is 8.49. The molecule has 94 valence electrons. The molecule has 0 unspecified atom stereocenters. The molecule has 1 rings (SSSR count). The van der Waals surface area contributed by atoms with Gasteiger partial charge in [-0.1, -0.05) is 6.07 Å². The van der Waals surface area contributed by atoms with Crippen LogP contribution in [-0.2, 0) is 6.54 Å². The minimum absolute atomic E-state index is 0.700. The molecule has 1 aromatic heterocycles. The van der Waals surface area contributed by atoms with E-state index in [-0.39, 0.29) is 0 Å². The highest BCUT2D eigenvalue weighted by atomic mass is 32.2. The number of guanidine groups is 1. The molecule has 0 saturated heterocycles. The topological polar surface area (TPSA) is 49.3 Å². The van der Waals surface area contributed by atoms with Crippen molar-refractivity contribution in [2.24, 2.45) is 4.99 Å². The number of aryl methyl sites for hydroxylation is 1. The zero-order valence-electron chi connectivity index (χ0n) is 10.7. The molecule has 2 N–H and O–H groups in total. The van der Waals surface area contributed by atoms with Crippen molar-refractivity contribution < 1.29 is 0 Å². The number of rotatable bonds is 5. The third-order valence-electron chi connectivity index (χ3n) is 2.36. The average molecular weight is 252 g/mol. The van der Waals surface area contributed by atoms with Crippen molar-refractivity contribution in [1.29, 1.82) is 0 Å². The maximum absolute atomic E-state index is 4.33. The highest BCUT2D eigenvalue weighted by Gasteiger charge is 2.00. The number of nitrogens with zero attached hydrogens (tertiary/aromatic N) is 2. The van der Waals surface area contributed by atoms with Gasteiger partial charge in [0.05, 0.1) is 12.2 Å². The summed E-state index contributed by atoms with van der Waals surface area (Å²) in [6.07, 6.45) is 3.91. The highest BCUT2D eigenvalue weighted by Crippen LogP contribution is 2.01. The van der Waals surface area contributed by atoms with E-state index in [1.54, 1.807) is 7.05 Å². The van der Waals surface area contributed by atoms with E-state index in [0.29, 0.717) is 6.54 Å². The second-order valence-electron chi connectivity index (χ2n) is 3.61. The predicted octanol–water partition coefficient (Wildman–Crippen LogP) is 1.42. The van der Waals surface area contributed by atoms with Gasteiger partial charge in [-0.3, -0.25) is 9.98 Å². The lowest BCUT2D eigenvalue weighted by Gasteiger charge is -2.11. The maximum Gasteiger partial charge on any atom is 0.191 e. The van der Waals surface area contributed by atoms with Gasteiger partial charge in [0.15, 0.2) is 5.96 Å². The zero-order valence-corrected chi connectivity index (χ0v) is 11.5. The summed E-state index contributed by atoms with van der Waals surface area (Å²) in [5.74, 6) is 1.90. The molecule has 0 spiro atoms. The Hall–Kier alpha value is -1.23. The molecule has 5 heteroatoms. The molecule has 0 aliphatic rings. The molecule has 0 aromatic carbocycles. The van der Waals surface area contributed by atoms with Crippen LogP contribution in [0.4, 0.5) is 0 Å². The molecule has 17 heavy (non-hydrogen) atoms. The maximum atomic E-state index is 4.33. The van der Waals surface area contributed by atoms with Crippen molar-refractivity contribution in [3.05, 3.63) is 29.6 Å². The summed E-state index contributed by atoms with van der Waals surface area (Å²) in [5, 5.41) is 6.50. The molecule has 4 nitrogen and oxygen atoms in total. The van der Waals surface area contributed by atoms with Gasteiger partial charge in [0.2, 0.25) is 0 Å². The number of hydrogen-bond acceptors (Lipinski definition) is 3. The zero-order chi connectivity index (χ0) is 12.5. The van der Waals surface area contributed by atoms with Crippen molar-refractivity contribution >= 4 is 17.7 Å². The number of aliphatic imine (C=N–C) groups is 1. The predicted molar refractivity (Wildman–Crippen MR) is 75.6 cm³/mol. The first-order chi connectivity index (χ1) is 8.27. The van der Waals surface area contributed by atoms with Crippen LogP contribution in [-0.4, -0.2) is 36.5 Å². The summed E-state index contributed by atoms with van der Waals surface area (Å²) in [5.41, 5.74) is 2.25. The van der Waals surface area contributed by atoms with E-state index >= 15 is 0 Å². The van der Waals surface area contributed by atoms with Gasteiger partial charge in [0, 0.05) is 25.5 Å². The van der Waals surface area contributed by atoms with Crippen LogP contribution in [0.2, 0.25) is 0 Å². The van der Waals surface area contributed by atoms with Crippen LogP contribution in [0, 0.1) is 6.92 Å². The van der Waals surface area contributed by atoms with Crippen molar-refractivity contribution in [3.8, 4) is 0 Å². The van der Waals surface area contributed by atoms with E-state index < -0.39 is 0 Å². The summed E-state index contributed by atoms with van der Waals surface area (Å²) in [7, 11) is 1.78. The third-order valence-corrected chi connectivity index (χ3v) is 2.98. The highest BCUT2D eigenvalue weighted by molar-refractivity contribution is 7.98. The van der Waals surface area contributed by atoms with E-state index in [9.17, 15) is 0 Å². The Balaban J connectivity index is 2.40. The summed E-state index contributed by atoms with van der Waals surface area (Å²) in [6.45, 7) is 3.68. The van der Waals surface area contributed by atoms with Gasteiger partial charge >= 0.3 is 0 Å². The molecule has 0 radical (unpaired) electrons. The number of pyridine rings is 1. The molecule has 1 aromatic rings. The van der Waals surface area contributed by atoms with Gasteiger partial charge in [-0.25, -0.2) is 0 Å². The minimum atomic E-state index is 0.700. The van der Waals surface area contributed by atoms with Crippen molar-refractivity contribution in [3.63, 3.8) is 0 Å². The summed E-state index contributed by atoms with van der Waals surface area (Å²) < 4.78 is 0. The molecule has 0 saturated carbocycles. The minimum Gasteiger partial charge on any atom is -0.356 e. The molecule has 0 amide bonds. The fourth-order valence-corrected chi connectivity index (χ4v) is 1.67. The molecule has 0 aliphatic heterocycles. The fourth-order valence-electron chi connectivity index (χ4n) is 1.36. The summed E-state index contributed by atoms with van der Waals surface area (Å²) >= 11 is 1.81. The molecule has 0 bridgehead atoms. The molecule has 0 aliphatic carbocycles. The van der Waals surface area contributed by atoms with Crippen LogP contribution in [0.15, 0.2) is 23.3 Å². The lowest BCUT2D eigenvalue weighted by Crippen LogP contribution is -2.38. The standard InChI is InChI=1S/C12H20N4S/c1-10-5-4-6-14-11(10)9-16-12(13-2)15-7-8-17-3/h4-6H,7-9H2,1-3H3,(H2,13,15,16). The van der Waals surface area contributed by atoms with Crippen LogP contribution in [0.5, 0.6) is 0 Å². The lowest BCUT2D eigenvalue weighted by molar-refractivity contribution is 0.807. The monoisotopic (exact) mass is 252 g/mol. The van der Waals surface area contributed by atoms with Gasteiger partial charge in [-0.2, -0.15) is 11.8 Å². The smallest absolute Gasteiger partial charge is 0.191 e. The van der Waals surface area contributed by atoms with E-state index in [4.69, 9.17) is 0 Å². The van der Waals surface area contributed by atoms with Gasteiger partial charge in [-0.05, 0) is 24.8 Å². The number of hydrogen-bond donors (Lipinski definition) is 2. The molecule has 0 fully saturated rings. The van der Waals surface area contributed by atoms with E-state index in [1.807, 2.05) is 24.0 Å². The van der Waals surface area contributed by atoms with E-state index in [1.165, 1.54) is 5.56 Å². The average Bonchev–Trinajstić information content (AvgIpc) is 2.35. The Morgan fingerprint density at radius 3 is 2.94 bits per heavy atom. The van der Waals surface area contributed by atoms with Crippen molar-refractivity contribution in [1.82, 2.24) is 15.6 Å². The van der Waals surface area contributed by atoms with Crippen LogP contribution in [0.3, 0.4) is 0 Å². The van der Waals surface area contributed by atoms with Crippen LogP contribution in [0.25, 0.3) is 0 Å². The Morgan fingerprint density at radius 2 is 2.29 bits per heavy atom. The van der Waals surface area contributed by atoms with Gasteiger partial charge < -0.3 is 10.6 Å². The normalized spacial score (nSPS) is 11.4. The summed E-state index contributed by atoms with van der Waals surface area (Å²) in [6, 6.07) is 4.01. The first-order valence-corrected chi connectivity index (χ1v) is 7.01. The Morgan fingerprint density at radius 1 is 1.47 bits per heavy atom. The molecule has 1 heterocycles. The second-order valence-corrected chi connectivity index (χ2v) is 4.60. The number of nitrogens with one attached hydrogen (secondary N) is 2. The van der Waals surface area contributed by atoms with Crippen LogP contribution < -0.4 is 10.6 Å². The first kappa shape index (κ1) is 13.8. The molecule has 0 atom stereocenters. The van der Waals surface area contributed by atoms with Crippen LogP contribution >= 0.6 is 11.8 Å². The van der Waals surface area contributed by atoms with Crippen molar-refractivity contribution in [2.75, 3.05) is 25.6 Å². The first-order valence-electron chi connectivity index (χ1n) is 5.62. The quantitative estimate of drug-likeness (QED) is 0.473. The van der Waals surface area contributed by atoms with Crippen molar-refractivity contribution in [2.45, 2.75) is 13.5 Å². The van der Waals surface area contributed by atoms with Gasteiger partial charge in [0.1, 0.15) is 0 Å². The van der Waals surface area contributed by atoms with Gasteiger partial charge in [0.25, 0.3) is 0 Å². The third kappa shape index (κ3) is 5.08. The van der Waals surface area contributed by atoms with Gasteiger partial charge in [-0.15, -0.1) is 0 Å². The van der Waals surface area contributed by atoms with E-state index in [0.717, 1.165) is 24.0 Å².